The van der Waals surface area contributed by atoms with Gasteiger partial charge in [0.1, 0.15) is 10.6 Å². The van der Waals surface area contributed by atoms with Crippen molar-refractivity contribution in [3.63, 3.8) is 0 Å². The van der Waals surface area contributed by atoms with E-state index in [-0.39, 0.29) is 11.9 Å². The number of aromatic nitrogens is 4. The van der Waals surface area contributed by atoms with Gasteiger partial charge in [-0.15, -0.1) is 5.10 Å². The first kappa shape index (κ1) is 16.2. The summed E-state index contributed by atoms with van der Waals surface area (Å²) in [5.41, 5.74) is 0.232. The molecule has 1 amide bonds. The summed E-state index contributed by atoms with van der Waals surface area (Å²) >= 11 is 1.19. The average molecular weight is 356 g/mol. The summed E-state index contributed by atoms with van der Waals surface area (Å²) in [6, 6.07) is 3.89. The molecule has 4 rings (SSSR count). The van der Waals surface area contributed by atoms with E-state index in [4.69, 9.17) is 0 Å². The zero-order valence-electron chi connectivity index (χ0n) is 13.9. The van der Waals surface area contributed by atoms with Crippen molar-refractivity contribution >= 4 is 17.4 Å². The molecule has 0 saturated heterocycles. The molecule has 1 atom stereocenters. The van der Waals surface area contributed by atoms with Crippen molar-refractivity contribution in [2.24, 2.45) is 5.92 Å². The third-order valence-corrected chi connectivity index (χ3v) is 6.01. The lowest BCUT2D eigenvalue weighted by molar-refractivity contribution is 0.0915. The summed E-state index contributed by atoms with van der Waals surface area (Å²) in [7, 11) is 0. The number of carbonyl (C=O) groups is 1. The molecular weight excluding hydrogens is 336 g/mol. The van der Waals surface area contributed by atoms with Gasteiger partial charge in [-0.25, -0.2) is 9.06 Å². The van der Waals surface area contributed by atoms with E-state index in [1.165, 1.54) is 30.8 Å². The van der Waals surface area contributed by atoms with Crippen molar-refractivity contribution in [1.82, 2.24) is 24.7 Å². The predicted octanol–water partition coefficient (Wildman–Crippen LogP) is 2.80. The Balaban J connectivity index is 1.59. The fourth-order valence-corrected chi connectivity index (χ4v) is 4.08. The molecule has 25 heavy (non-hydrogen) atoms. The maximum atomic E-state index is 12.6. The first-order valence-electron chi connectivity index (χ1n) is 8.77. The number of amides is 1. The van der Waals surface area contributed by atoms with Crippen molar-refractivity contribution in [1.29, 1.82) is 5.26 Å². The third kappa shape index (κ3) is 3.16. The van der Waals surface area contributed by atoms with Crippen LogP contribution in [-0.4, -0.2) is 25.3 Å². The van der Waals surface area contributed by atoms with Crippen LogP contribution in [0.4, 0.5) is 0 Å². The molecule has 2 saturated carbocycles. The Morgan fingerprint density at radius 3 is 2.84 bits per heavy atom. The minimum Gasteiger partial charge on any atom is -0.342 e. The second-order valence-electron chi connectivity index (χ2n) is 6.96. The summed E-state index contributed by atoms with van der Waals surface area (Å²) in [5, 5.41) is 21.0. The fourth-order valence-electron chi connectivity index (χ4n) is 3.59. The number of nitriles is 1. The lowest BCUT2D eigenvalue weighted by atomic mass is 9.82. The number of hydrogen-bond donors (Lipinski definition) is 1. The average Bonchev–Trinajstić information content (AvgIpc) is 3.05. The van der Waals surface area contributed by atoms with Crippen LogP contribution in [0.3, 0.4) is 0 Å². The van der Waals surface area contributed by atoms with E-state index < -0.39 is 5.54 Å². The van der Waals surface area contributed by atoms with Crippen LogP contribution in [0.15, 0.2) is 18.5 Å². The quantitative estimate of drug-likeness (QED) is 0.888. The Kier molecular flexibility index (Phi) is 4.25. The second kappa shape index (κ2) is 6.56. The molecule has 2 aromatic rings. The SMILES string of the molecule is N#CC1(n2cc([C@@H](NC(=O)c3ccns3)C3CCCCC3)nn2)CC1. The van der Waals surface area contributed by atoms with Crippen LogP contribution in [0.5, 0.6) is 0 Å². The first-order valence-corrected chi connectivity index (χ1v) is 9.55. The van der Waals surface area contributed by atoms with Gasteiger partial charge in [0.2, 0.25) is 0 Å². The Labute approximate surface area is 150 Å². The van der Waals surface area contributed by atoms with Gasteiger partial charge in [0.15, 0.2) is 5.54 Å². The molecule has 130 valence electrons. The molecule has 0 aliphatic heterocycles. The van der Waals surface area contributed by atoms with E-state index in [0.29, 0.717) is 10.8 Å². The summed E-state index contributed by atoms with van der Waals surface area (Å²) in [4.78, 5) is 13.2. The summed E-state index contributed by atoms with van der Waals surface area (Å²) in [5.74, 6) is 0.238. The first-order chi connectivity index (χ1) is 12.2. The van der Waals surface area contributed by atoms with Gasteiger partial charge in [0.05, 0.1) is 18.3 Å². The van der Waals surface area contributed by atoms with Crippen molar-refractivity contribution < 1.29 is 4.79 Å². The van der Waals surface area contributed by atoms with Crippen LogP contribution in [0.25, 0.3) is 0 Å². The topological polar surface area (TPSA) is 96.5 Å². The molecule has 2 aliphatic rings. The van der Waals surface area contributed by atoms with E-state index >= 15 is 0 Å². The van der Waals surface area contributed by atoms with Gasteiger partial charge in [-0.3, -0.25) is 4.79 Å². The zero-order valence-corrected chi connectivity index (χ0v) is 14.7. The maximum absolute atomic E-state index is 12.6. The molecule has 2 heterocycles. The van der Waals surface area contributed by atoms with Crippen LogP contribution in [0.1, 0.15) is 66.4 Å². The van der Waals surface area contributed by atoms with Crippen LogP contribution in [0, 0.1) is 17.2 Å². The van der Waals surface area contributed by atoms with E-state index in [1.54, 1.807) is 16.9 Å². The summed E-state index contributed by atoms with van der Waals surface area (Å²) < 4.78 is 5.68. The smallest absolute Gasteiger partial charge is 0.263 e. The minimum absolute atomic E-state index is 0.117. The second-order valence-corrected chi connectivity index (χ2v) is 7.79. The van der Waals surface area contributed by atoms with E-state index in [9.17, 15) is 10.1 Å². The number of nitrogens with zero attached hydrogens (tertiary/aromatic N) is 5. The summed E-state index contributed by atoms with van der Waals surface area (Å²) in [6.45, 7) is 0. The molecule has 1 N–H and O–H groups in total. The Bertz CT molecular complexity index is 782. The van der Waals surface area contributed by atoms with Crippen LogP contribution >= 0.6 is 11.5 Å². The van der Waals surface area contributed by atoms with E-state index in [0.717, 1.165) is 31.4 Å². The van der Waals surface area contributed by atoms with Crippen molar-refractivity contribution in [2.45, 2.75) is 56.5 Å². The van der Waals surface area contributed by atoms with Crippen molar-refractivity contribution in [3.05, 3.63) is 29.0 Å². The highest BCUT2D eigenvalue weighted by Crippen LogP contribution is 2.42. The Morgan fingerprint density at radius 2 is 2.20 bits per heavy atom. The van der Waals surface area contributed by atoms with E-state index in [1.807, 2.05) is 6.20 Å². The highest BCUT2D eigenvalue weighted by atomic mass is 32.1. The van der Waals surface area contributed by atoms with Gasteiger partial charge in [-0.05, 0) is 49.2 Å². The molecule has 2 aliphatic carbocycles. The minimum atomic E-state index is -0.524. The van der Waals surface area contributed by atoms with Crippen molar-refractivity contribution in [3.8, 4) is 6.07 Å². The Hall–Kier alpha value is -2.27. The van der Waals surface area contributed by atoms with Crippen LogP contribution in [0.2, 0.25) is 0 Å². The van der Waals surface area contributed by atoms with Gasteiger partial charge in [-0.2, -0.15) is 5.26 Å². The highest BCUT2D eigenvalue weighted by Gasteiger charge is 2.47. The van der Waals surface area contributed by atoms with Gasteiger partial charge in [0, 0.05) is 6.20 Å². The van der Waals surface area contributed by atoms with Gasteiger partial charge in [-0.1, -0.05) is 24.5 Å². The lowest BCUT2D eigenvalue weighted by Gasteiger charge is -2.29. The standard InChI is InChI=1S/C17H20N6OS/c18-11-17(7-8-17)23-10-13(21-22-23)15(12-4-2-1-3-5-12)20-16(24)14-6-9-19-25-14/h6,9-10,12,15H,1-5,7-8H2,(H,20,24)/t15-/m0/s1. The fraction of sp³-hybridized carbons (Fsp3) is 0.588. The monoisotopic (exact) mass is 356 g/mol. The normalized spacial score (nSPS) is 20.6. The highest BCUT2D eigenvalue weighted by molar-refractivity contribution is 7.08. The maximum Gasteiger partial charge on any atom is 0.263 e. The molecule has 2 fully saturated rings. The number of nitrogens with one attached hydrogen (secondary N) is 1. The number of rotatable bonds is 5. The number of carbonyl (C=O) groups excluding carboxylic acids is 1. The predicted molar refractivity (Wildman–Crippen MR) is 91.7 cm³/mol. The third-order valence-electron chi connectivity index (χ3n) is 5.27. The molecule has 2 aromatic heterocycles. The molecule has 0 bridgehead atoms. The molecule has 0 radical (unpaired) electrons. The zero-order chi connectivity index (χ0) is 17.3. The molecule has 8 heteroatoms. The Morgan fingerprint density at radius 1 is 1.40 bits per heavy atom. The molecule has 0 aromatic carbocycles. The van der Waals surface area contributed by atoms with Gasteiger partial charge >= 0.3 is 0 Å². The molecule has 7 nitrogen and oxygen atoms in total. The van der Waals surface area contributed by atoms with E-state index in [2.05, 4.69) is 26.1 Å². The van der Waals surface area contributed by atoms with Crippen molar-refractivity contribution in [2.75, 3.05) is 0 Å². The summed E-state index contributed by atoms with van der Waals surface area (Å²) in [6.07, 6.45) is 10.9. The molecule has 0 spiro atoms. The van der Waals surface area contributed by atoms with Gasteiger partial charge < -0.3 is 5.32 Å². The molecule has 0 unspecified atom stereocenters. The molecular formula is C17H20N6OS. The largest absolute Gasteiger partial charge is 0.342 e. The number of hydrogen-bond acceptors (Lipinski definition) is 6. The van der Waals surface area contributed by atoms with Crippen LogP contribution < -0.4 is 5.32 Å². The lowest BCUT2D eigenvalue weighted by Crippen LogP contribution is -2.34. The van der Waals surface area contributed by atoms with Crippen LogP contribution in [-0.2, 0) is 5.54 Å². The van der Waals surface area contributed by atoms with Gasteiger partial charge in [0.25, 0.3) is 5.91 Å².